The number of ether oxygens (including phenoxy) is 1. The van der Waals surface area contributed by atoms with Crippen LogP contribution in [0.5, 0.6) is 11.5 Å². The van der Waals surface area contributed by atoms with Crippen LogP contribution in [0.3, 0.4) is 0 Å². The van der Waals surface area contributed by atoms with Crippen LogP contribution in [0, 0.1) is 17.1 Å². The summed E-state index contributed by atoms with van der Waals surface area (Å²) in [5, 5.41) is 8.63. The average molecular weight is 257 g/mol. The highest BCUT2D eigenvalue weighted by molar-refractivity contribution is 5.38. The molecule has 1 aromatic heterocycles. The van der Waals surface area contributed by atoms with E-state index in [-0.39, 0.29) is 11.6 Å². The van der Waals surface area contributed by atoms with E-state index in [1.165, 1.54) is 18.3 Å². The van der Waals surface area contributed by atoms with Gasteiger partial charge >= 0.3 is 0 Å². The maximum absolute atomic E-state index is 13.4. The lowest BCUT2D eigenvalue weighted by Crippen LogP contribution is -2.06. The molecule has 0 aliphatic rings. The van der Waals surface area contributed by atoms with E-state index >= 15 is 0 Å². The van der Waals surface area contributed by atoms with Gasteiger partial charge in [-0.2, -0.15) is 5.26 Å². The van der Waals surface area contributed by atoms with Crippen molar-refractivity contribution in [1.82, 2.24) is 4.98 Å². The van der Waals surface area contributed by atoms with Gasteiger partial charge in [0, 0.05) is 12.1 Å². The van der Waals surface area contributed by atoms with Crippen LogP contribution in [0.15, 0.2) is 36.5 Å². The Balaban J connectivity index is 2.17. The van der Waals surface area contributed by atoms with Gasteiger partial charge in [-0.15, -0.1) is 0 Å². The highest BCUT2D eigenvalue weighted by Crippen LogP contribution is 2.23. The Morgan fingerprint density at radius 2 is 2.05 bits per heavy atom. The van der Waals surface area contributed by atoms with E-state index < -0.39 is 5.82 Å². The van der Waals surface area contributed by atoms with E-state index in [1.807, 2.05) is 6.92 Å². The summed E-state index contributed by atoms with van der Waals surface area (Å²) in [6, 6.07) is 9.12. The lowest BCUT2D eigenvalue weighted by molar-refractivity contribution is 0.473. The summed E-state index contributed by atoms with van der Waals surface area (Å²) in [7, 11) is 0. The minimum Gasteiger partial charge on any atom is -0.456 e. The van der Waals surface area contributed by atoms with E-state index in [0.29, 0.717) is 11.5 Å². The summed E-state index contributed by atoms with van der Waals surface area (Å²) in [5.41, 5.74) is 6.42. The largest absolute Gasteiger partial charge is 0.456 e. The minimum absolute atomic E-state index is 0.0159. The number of benzene rings is 1. The summed E-state index contributed by atoms with van der Waals surface area (Å²) in [5.74, 6) is 0.181. The van der Waals surface area contributed by atoms with E-state index in [4.69, 9.17) is 15.7 Å². The monoisotopic (exact) mass is 257 g/mol. The molecular weight excluding hydrogens is 245 g/mol. The Labute approximate surface area is 110 Å². The molecule has 1 heterocycles. The van der Waals surface area contributed by atoms with Gasteiger partial charge in [0.1, 0.15) is 23.4 Å². The van der Waals surface area contributed by atoms with Gasteiger partial charge in [0.05, 0.1) is 17.5 Å². The Kier molecular flexibility index (Phi) is 3.74. The molecule has 4 nitrogen and oxygen atoms in total. The summed E-state index contributed by atoms with van der Waals surface area (Å²) >= 11 is 0. The van der Waals surface area contributed by atoms with Crippen molar-refractivity contribution in [2.45, 2.75) is 13.0 Å². The summed E-state index contributed by atoms with van der Waals surface area (Å²) in [6.07, 6.45) is 1.52. The third-order valence-corrected chi connectivity index (χ3v) is 2.52. The average Bonchev–Trinajstić information content (AvgIpc) is 2.39. The molecular formula is C14H12FN3O. The molecule has 0 unspecified atom stereocenters. The first kappa shape index (κ1) is 13.0. The van der Waals surface area contributed by atoms with Gasteiger partial charge in [0.15, 0.2) is 0 Å². The Bertz CT molecular complexity index is 618. The zero-order valence-corrected chi connectivity index (χ0v) is 10.3. The smallest absolute Gasteiger partial charge is 0.145 e. The van der Waals surface area contributed by atoms with Gasteiger partial charge in [-0.25, -0.2) is 4.39 Å². The summed E-state index contributed by atoms with van der Waals surface area (Å²) < 4.78 is 18.8. The van der Waals surface area contributed by atoms with Crippen molar-refractivity contribution in [3.63, 3.8) is 0 Å². The van der Waals surface area contributed by atoms with Gasteiger partial charge in [-0.1, -0.05) is 0 Å². The molecule has 0 aliphatic carbocycles. The van der Waals surface area contributed by atoms with E-state index in [2.05, 4.69) is 4.98 Å². The number of nitrogens with zero attached hydrogens (tertiary/aromatic N) is 2. The molecule has 0 spiro atoms. The number of nitriles is 1. The van der Waals surface area contributed by atoms with Crippen molar-refractivity contribution in [3.05, 3.63) is 53.6 Å². The van der Waals surface area contributed by atoms with Crippen molar-refractivity contribution in [3.8, 4) is 17.6 Å². The second kappa shape index (κ2) is 5.46. The van der Waals surface area contributed by atoms with Crippen LogP contribution in [0.1, 0.15) is 24.2 Å². The van der Waals surface area contributed by atoms with Gasteiger partial charge in [-0.3, -0.25) is 4.98 Å². The predicted octanol–water partition coefficient (Wildman–Crippen LogP) is 2.90. The van der Waals surface area contributed by atoms with Crippen LogP contribution in [-0.4, -0.2) is 4.98 Å². The molecule has 0 radical (unpaired) electrons. The molecule has 0 saturated heterocycles. The quantitative estimate of drug-likeness (QED) is 0.917. The minimum atomic E-state index is -0.611. The molecule has 0 amide bonds. The van der Waals surface area contributed by atoms with Crippen molar-refractivity contribution >= 4 is 0 Å². The third kappa shape index (κ3) is 3.06. The molecule has 96 valence electrons. The molecule has 0 saturated carbocycles. The second-order valence-corrected chi connectivity index (χ2v) is 4.06. The van der Waals surface area contributed by atoms with Crippen LogP contribution >= 0.6 is 0 Å². The van der Waals surface area contributed by atoms with Crippen LogP contribution in [0.4, 0.5) is 4.39 Å². The molecule has 19 heavy (non-hydrogen) atoms. The highest BCUT2D eigenvalue weighted by Gasteiger charge is 2.05. The van der Waals surface area contributed by atoms with Gasteiger partial charge in [0.2, 0.25) is 0 Å². The second-order valence-electron chi connectivity index (χ2n) is 4.06. The zero-order valence-electron chi connectivity index (χ0n) is 10.3. The lowest BCUT2D eigenvalue weighted by Gasteiger charge is -2.08. The van der Waals surface area contributed by atoms with Gasteiger partial charge in [0.25, 0.3) is 0 Å². The maximum Gasteiger partial charge on any atom is 0.145 e. The Morgan fingerprint density at radius 3 is 2.58 bits per heavy atom. The number of halogens is 1. The van der Waals surface area contributed by atoms with Crippen molar-refractivity contribution in [2.24, 2.45) is 5.73 Å². The zero-order chi connectivity index (χ0) is 13.8. The van der Waals surface area contributed by atoms with Crippen LogP contribution in [-0.2, 0) is 0 Å². The first-order chi connectivity index (χ1) is 9.10. The lowest BCUT2D eigenvalue weighted by atomic mass is 10.2. The number of aromatic nitrogens is 1. The SMILES string of the molecule is C[C@@H](N)c1ccc(Oc2ccc(C#N)c(F)c2)cn1. The van der Waals surface area contributed by atoms with Crippen LogP contribution in [0.25, 0.3) is 0 Å². The fourth-order valence-electron chi connectivity index (χ4n) is 1.51. The van der Waals surface area contributed by atoms with E-state index in [1.54, 1.807) is 18.2 Å². The first-order valence-corrected chi connectivity index (χ1v) is 5.69. The number of rotatable bonds is 3. The molecule has 5 heteroatoms. The van der Waals surface area contributed by atoms with Gasteiger partial charge < -0.3 is 10.5 Å². The Hall–Kier alpha value is -2.45. The van der Waals surface area contributed by atoms with Crippen LogP contribution in [0.2, 0.25) is 0 Å². The van der Waals surface area contributed by atoms with E-state index in [0.717, 1.165) is 11.8 Å². The standard InChI is InChI=1S/C14H12FN3O/c1-9(17)14-5-4-12(8-18-14)19-11-3-2-10(7-16)13(15)6-11/h2-6,8-9H,17H2,1H3/t9-/m1/s1. The predicted molar refractivity (Wildman–Crippen MR) is 68.0 cm³/mol. The highest BCUT2D eigenvalue weighted by atomic mass is 19.1. The molecule has 2 aromatic rings. The molecule has 1 aromatic carbocycles. The number of hydrogen-bond donors (Lipinski definition) is 1. The molecule has 2 N–H and O–H groups in total. The van der Waals surface area contributed by atoms with Crippen molar-refractivity contribution in [1.29, 1.82) is 5.26 Å². The first-order valence-electron chi connectivity index (χ1n) is 5.69. The molecule has 0 bridgehead atoms. The van der Waals surface area contributed by atoms with Crippen molar-refractivity contribution < 1.29 is 9.13 Å². The molecule has 2 rings (SSSR count). The van der Waals surface area contributed by atoms with Crippen LogP contribution < -0.4 is 10.5 Å². The van der Waals surface area contributed by atoms with Crippen molar-refractivity contribution in [2.75, 3.05) is 0 Å². The normalized spacial score (nSPS) is 11.7. The number of pyridine rings is 1. The van der Waals surface area contributed by atoms with Gasteiger partial charge in [-0.05, 0) is 31.2 Å². The Morgan fingerprint density at radius 1 is 1.32 bits per heavy atom. The number of hydrogen-bond acceptors (Lipinski definition) is 4. The molecule has 0 aliphatic heterocycles. The molecule has 1 atom stereocenters. The van der Waals surface area contributed by atoms with E-state index in [9.17, 15) is 4.39 Å². The fraction of sp³-hybridized carbons (Fsp3) is 0.143. The summed E-state index contributed by atoms with van der Waals surface area (Å²) in [6.45, 7) is 1.83. The molecule has 0 fully saturated rings. The number of nitrogens with two attached hydrogens (primary N) is 1. The summed E-state index contributed by atoms with van der Waals surface area (Å²) in [4.78, 5) is 4.13. The fourth-order valence-corrected chi connectivity index (χ4v) is 1.51. The maximum atomic E-state index is 13.4. The topological polar surface area (TPSA) is 71.9 Å². The third-order valence-electron chi connectivity index (χ3n) is 2.52.